The molecule has 5 heteroatoms. The zero-order valence-corrected chi connectivity index (χ0v) is 11.7. The molecule has 0 unspecified atom stereocenters. The first-order valence-electron chi connectivity index (χ1n) is 5.82. The number of ether oxygens (including phenoxy) is 2. The summed E-state index contributed by atoms with van der Waals surface area (Å²) < 4.78 is 11.5. The van der Waals surface area contributed by atoms with Crippen molar-refractivity contribution in [3.05, 3.63) is 27.7 Å². The number of aromatic carboxylic acids is 1. The summed E-state index contributed by atoms with van der Waals surface area (Å²) in [6.45, 7) is 2.60. The van der Waals surface area contributed by atoms with E-state index in [-0.39, 0.29) is 12.4 Å². The van der Waals surface area contributed by atoms with Gasteiger partial charge in [-0.1, -0.05) is 15.9 Å². The zero-order valence-electron chi connectivity index (χ0n) is 10.1. The second-order valence-corrected chi connectivity index (χ2v) is 5.40. The summed E-state index contributed by atoms with van der Waals surface area (Å²) in [7, 11) is 0. The predicted molar refractivity (Wildman–Crippen MR) is 70.0 cm³/mol. The van der Waals surface area contributed by atoms with Crippen LogP contribution in [0.1, 0.15) is 28.8 Å². The third-order valence-corrected chi connectivity index (χ3v) is 3.26. The van der Waals surface area contributed by atoms with Crippen LogP contribution in [0.5, 0.6) is 5.75 Å². The lowest BCUT2D eigenvalue weighted by Crippen LogP contribution is -2.09. The van der Waals surface area contributed by atoms with Gasteiger partial charge in [0.15, 0.2) is 6.79 Å². The minimum atomic E-state index is -1.00. The fraction of sp³-hybridized carbons (Fsp3) is 0.462. The molecule has 4 nitrogen and oxygen atoms in total. The van der Waals surface area contributed by atoms with Crippen molar-refractivity contribution in [1.82, 2.24) is 0 Å². The Bertz CT molecular complexity index is 455. The molecule has 0 heterocycles. The number of rotatable bonds is 6. The molecule has 0 spiro atoms. The Hall–Kier alpha value is -1.07. The minimum absolute atomic E-state index is 0.0965. The molecule has 98 valence electrons. The number of aryl methyl sites for hydroxylation is 1. The molecule has 0 amide bonds. The Labute approximate surface area is 114 Å². The zero-order chi connectivity index (χ0) is 13.1. The quantitative estimate of drug-likeness (QED) is 0.647. The van der Waals surface area contributed by atoms with E-state index in [1.165, 1.54) is 18.9 Å². The summed E-state index contributed by atoms with van der Waals surface area (Å²) in [5.41, 5.74) is 0.925. The monoisotopic (exact) mass is 314 g/mol. The molecule has 1 N–H and O–H groups in total. The van der Waals surface area contributed by atoms with E-state index in [0.29, 0.717) is 18.3 Å². The summed E-state index contributed by atoms with van der Waals surface area (Å²) in [4.78, 5) is 11.1. The van der Waals surface area contributed by atoms with Gasteiger partial charge in [-0.25, -0.2) is 4.79 Å². The van der Waals surface area contributed by atoms with E-state index in [0.717, 1.165) is 10.0 Å². The Morgan fingerprint density at radius 2 is 2.22 bits per heavy atom. The van der Waals surface area contributed by atoms with Crippen molar-refractivity contribution in [2.45, 2.75) is 19.8 Å². The maximum atomic E-state index is 11.1. The molecule has 1 aliphatic rings. The van der Waals surface area contributed by atoms with Crippen LogP contribution >= 0.6 is 15.9 Å². The maximum absolute atomic E-state index is 11.1. The SMILES string of the molecule is Cc1cc(Br)cc(C(=O)O)c1OCOCC1CC1. The molecule has 1 aromatic rings. The lowest BCUT2D eigenvalue weighted by atomic mass is 10.1. The van der Waals surface area contributed by atoms with Gasteiger partial charge in [0.05, 0.1) is 6.61 Å². The molecule has 1 aliphatic carbocycles. The van der Waals surface area contributed by atoms with Crippen LogP contribution in [0.3, 0.4) is 0 Å². The van der Waals surface area contributed by atoms with Crippen LogP contribution in [-0.4, -0.2) is 24.5 Å². The van der Waals surface area contributed by atoms with E-state index >= 15 is 0 Å². The van der Waals surface area contributed by atoms with Crippen LogP contribution in [-0.2, 0) is 4.74 Å². The largest absolute Gasteiger partial charge is 0.478 e. The summed E-state index contributed by atoms with van der Waals surface area (Å²) in [5, 5.41) is 9.13. The number of carboxylic acid groups (broad SMARTS) is 1. The summed E-state index contributed by atoms with van der Waals surface area (Å²) >= 11 is 3.27. The van der Waals surface area contributed by atoms with Gasteiger partial charge in [0, 0.05) is 4.47 Å². The molecular weight excluding hydrogens is 300 g/mol. The van der Waals surface area contributed by atoms with Crippen LogP contribution < -0.4 is 4.74 Å². The predicted octanol–water partition coefficient (Wildman–Crippen LogP) is 3.22. The average Bonchev–Trinajstić information content (AvgIpc) is 3.09. The number of hydrogen-bond acceptors (Lipinski definition) is 3. The van der Waals surface area contributed by atoms with Crippen molar-refractivity contribution in [3.8, 4) is 5.75 Å². The number of halogens is 1. The topological polar surface area (TPSA) is 55.8 Å². The van der Waals surface area contributed by atoms with Crippen molar-refractivity contribution in [2.24, 2.45) is 5.92 Å². The van der Waals surface area contributed by atoms with Gasteiger partial charge < -0.3 is 14.6 Å². The molecule has 0 atom stereocenters. The van der Waals surface area contributed by atoms with Gasteiger partial charge in [-0.2, -0.15) is 0 Å². The van der Waals surface area contributed by atoms with Crippen LogP contribution in [0.4, 0.5) is 0 Å². The van der Waals surface area contributed by atoms with E-state index in [9.17, 15) is 4.79 Å². The fourth-order valence-corrected chi connectivity index (χ4v) is 2.25. The lowest BCUT2D eigenvalue weighted by Gasteiger charge is -2.12. The minimum Gasteiger partial charge on any atom is -0.478 e. The molecule has 0 saturated heterocycles. The summed E-state index contributed by atoms with van der Waals surface area (Å²) in [6.07, 6.45) is 2.44. The highest BCUT2D eigenvalue weighted by Gasteiger charge is 2.21. The number of benzene rings is 1. The molecule has 0 aromatic heterocycles. The van der Waals surface area contributed by atoms with Crippen LogP contribution in [0, 0.1) is 12.8 Å². The molecule has 0 bridgehead atoms. The van der Waals surface area contributed by atoms with Crippen LogP contribution in [0.2, 0.25) is 0 Å². The van der Waals surface area contributed by atoms with E-state index in [1.807, 2.05) is 13.0 Å². The van der Waals surface area contributed by atoms with E-state index in [4.69, 9.17) is 14.6 Å². The van der Waals surface area contributed by atoms with Crippen molar-refractivity contribution >= 4 is 21.9 Å². The standard InChI is InChI=1S/C13H15BrO4/c1-8-4-10(14)5-11(13(15)16)12(8)18-7-17-6-9-2-3-9/h4-5,9H,2-3,6-7H2,1H3,(H,15,16). The number of carboxylic acids is 1. The maximum Gasteiger partial charge on any atom is 0.339 e. The third-order valence-electron chi connectivity index (χ3n) is 2.81. The van der Waals surface area contributed by atoms with Gasteiger partial charge in [0.2, 0.25) is 0 Å². The highest BCUT2D eigenvalue weighted by atomic mass is 79.9. The van der Waals surface area contributed by atoms with Crippen molar-refractivity contribution in [1.29, 1.82) is 0 Å². The molecule has 1 saturated carbocycles. The Kier molecular flexibility index (Phi) is 4.24. The summed E-state index contributed by atoms with van der Waals surface area (Å²) in [6, 6.07) is 3.36. The van der Waals surface area contributed by atoms with E-state index in [1.54, 1.807) is 0 Å². The van der Waals surface area contributed by atoms with Gasteiger partial charge in [0.1, 0.15) is 11.3 Å². The Morgan fingerprint density at radius 1 is 1.50 bits per heavy atom. The number of carbonyl (C=O) groups is 1. The van der Waals surface area contributed by atoms with Crippen molar-refractivity contribution in [2.75, 3.05) is 13.4 Å². The second kappa shape index (κ2) is 5.71. The van der Waals surface area contributed by atoms with Gasteiger partial charge in [-0.3, -0.25) is 0 Å². The first kappa shape index (κ1) is 13.4. The first-order chi connectivity index (χ1) is 8.58. The molecule has 1 fully saturated rings. The molecule has 1 aromatic carbocycles. The second-order valence-electron chi connectivity index (χ2n) is 4.48. The normalized spacial score (nSPS) is 14.6. The van der Waals surface area contributed by atoms with Crippen molar-refractivity contribution < 1.29 is 19.4 Å². The molecule has 0 aliphatic heterocycles. The van der Waals surface area contributed by atoms with Crippen molar-refractivity contribution in [3.63, 3.8) is 0 Å². The van der Waals surface area contributed by atoms with Gasteiger partial charge in [0.25, 0.3) is 0 Å². The molecule has 0 radical (unpaired) electrons. The van der Waals surface area contributed by atoms with Crippen LogP contribution in [0.15, 0.2) is 16.6 Å². The molecule has 2 rings (SSSR count). The van der Waals surface area contributed by atoms with E-state index in [2.05, 4.69) is 15.9 Å². The van der Waals surface area contributed by atoms with Gasteiger partial charge >= 0.3 is 5.97 Å². The third kappa shape index (κ3) is 3.46. The molecular formula is C13H15BrO4. The van der Waals surface area contributed by atoms with Gasteiger partial charge in [-0.15, -0.1) is 0 Å². The number of hydrogen-bond donors (Lipinski definition) is 1. The lowest BCUT2D eigenvalue weighted by molar-refractivity contribution is 0.00880. The van der Waals surface area contributed by atoms with Crippen LogP contribution in [0.25, 0.3) is 0 Å². The highest BCUT2D eigenvalue weighted by Crippen LogP contribution is 2.30. The smallest absolute Gasteiger partial charge is 0.339 e. The Morgan fingerprint density at radius 3 is 2.83 bits per heavy atom. The highest BCUT2D eigenvalue weighted by molar-refractivity contribution is 9.10. The van der Waals surface area contributed by atoms with E-state index < -0.39 is 5.97 Å². The summed E-state index contributed by atoms with van der Waals surface area (Å²) in [5.74, 6) is 0.0386. The first-order valence-corrected chi connectivity index (χ1v) is 6.61. The molecule has 18 heavy (non-hydrogen) atoms. The Balaban J connectivity index is 2.02. The fourth-order valence-electron chi connectivity index (χ4n) is 1.68. The van der Waals surface area contributed by atoms with Gasteiger partial charge in [-0.05, 0) is 43.4 Å². The average molecular weight is 315 g/mol.